The first kappa shape index (κ1) is 19.5. The Bertz CT molecular complexity index is 961. The SMILES string of the molecule is O=C(NCCc1cccc(Cl)c1)C(=O)Nc1ccccc1Oc1ccccc1. The van der Waals surface area contributed by atoms with E-state index in [1.54, 1.807) is 42.5 Å². The number of halogens is 1. The van der Waals surface area contributed by atoms with Gasteiger partial charge >= 0.3 is 11.8 Å². The third-order valence-electron chi connectivity index (χ3n) is 3.90. The molecule has 0 saturated carbocycles. The Kier molecular flexibility index (Phi) is 6.65. The van der Waals surface area contributed by atoms with Crippen molar-refractivity contribution in [2.24, 2.45) is 0 Å². The molecule has 0 aliphatic heterocycles. The molecule has 0 aliphatic rings. The summed E-state index contributed by atoms with van der Waals surface area (Å²) in [6.07, 6.45) is 0.577. The van der Waals surface area contributed by atoms with Crippen LogP contribution < -0.4 is 15.4 Å². The molecule has 3 rings (SSSR count). The quantitative estimate of drug-likeness (QED) is 0.608. The van der Waals surface area contributed by atoms with Crippen LogP contribution in [0.1, 0.15) is 5.56 Å². The summed E-state index contributed by atoms with van der Waals surface area (Å²) in [5, 5.41) is 5.83. The van der Waals surface area contributed by atoms with Crippen LogP contribution >= 0.6 is 11.6 Å². The van der Waals surface area contributed by atoms with Crippen molar-refractivity contribution in [2.75, 3.05) is 11.9 Å². The second kappa shape index (κ2) is 9.58. The Balaban J connectivity index is 1.56. The Morgan fingerprint density at radius 2 is 1.61 bits per heavy atom. The van der Waals surface area contributed by atoms with Gasteiger partial charge in [0.25, 0.3) is 0 Å². The van der Waals surface area contributed by atoms with Gasteiger partial charge in [-0.2, -0.15) is 0 Å². The minimum absolute atomic E-state index is 0.328. The fourth-order valence-corrected chi connectivity index (χ4v) is 2.76. The number of hydrogen-bond acceptors (Lipinski definition) is 3. The molecule has 0 radical (unpaired) electrons. The zero-order chi connectivity index (χ0) is 19.8. The average molecular weight is 395 g/mol. The molecule has 3 aromatic rings. The Labute approximate surface area is 168 Å². The van der Waals surface area contributed by atoms with Gasteiger partial charge in [0.15, 0.2) is 5.75 Å². The van der Waals surface area contributed by atoms with E-state index in [4.69, 9.17) is 16.3 Å². The molecule has 3 aromatic carbocycles. The first-order valence-corrected chi connectivity index (χ1v) is 9.15. The summed E-state index contributed by atoms with van der Waals surface area (Å²) in [5.41, 5.74) is 1.40. The van der Waals surface area contributed by atoms with Crippen molar-refractivity contribution >= 4 is 29.1 Å². The minimum atomic E-state index is -0.754. The van der Waals surface area contributed by atoms with Gasteiger partial charge in [-0.1, -0.05) is 54.1 Å². The van der Waals surface area contributed by atoms with E-state index >= 15 is 0 Å². The number of carbonyl (C=O) groups is 2. The summed E-state index contributed by atoms with van der Waals surface area (Å²) in [4.78, 5) is 24.3. The van der Waals surface area contributed by atoms with Crippen molar-refractivity contribution in [3.05, 3.63) is 89.4 Å². The number of para-hydroxylation sites is 3. The van der Waals surface area contributed by atoms with Gasteiger partial charge in [0.2, 0.25) is 0 Å². The smallest absolute Gasteiger partial charge is 0.313 e. The van der Waals surface area contributed by atoms with Crippen molar-refractivity contribution in [3.8, 4) is 11.5 Å². The summed E-state index contributed by atoms with van der Waals surface area (Å²) < 4.78 is 5.78. The fraction of sp³-hybridized carbons (Fsp3) is 0.0909. The molecule has 0 heterocycles. The normalized spacial score (nSPS) is 10.2. The van der Waals surface area contributed by atoms with Gasteiger partial charge in [-0.15, -0.1) is 0 Å². The largest absolute Gasteiger partial charge is 0.455 e. The summed E-state index contributed by atoms with van der Waals surface area (Å²) in [6, 6.07) is 23.5. The number of hydrogen-bond donors (Lipinski definition) is 2. The number of anilines is 1. The molecule has 0 spiro atoms. The van der Waals surface area contributed by atoms with Crippen LogP contribution in [0, 0.1) is 0 Å². The third-order valence-corrected chi connectivity index (χ3v) is 4.14. The molecule has 0 aliphatic carbocycles. The molecule has 2 amide bonds. The van der Waals surface area contributed by atoms with Crippen LogP contribution in [0.25, 0.3) is 0 Å². The molecular weight excluding hydrogens is 376 g/mol. The maximum absolute atomic E-state index is 12.2. The molecular formula is C22H19ClN2O3. The monoisotopic (exact) mass is 394 g/mol. The highest BCUT2D eigenvalue weighted by atomic mass is 35.5. The third kappa shape index (κ3) is 5.59. The van der Waals surface area contributed by atoms with Crippen LogP contribution in [0.15, 0.2) is 78.9 Å². The molecule has 2 N–H and O–H groups in total. The Hall–Kier alpha value is -3.31. The topological polar surface area (TPSA) is 67.4 Å². The van der Waals surface area contributed by atoms with E-state index in [-0.39, 0.29) is 0 Å². The van der Waals surface area contributed by atoms with E-state index in [9.17, 15) is 9.59 Å². The summed E-state index contributed by atoms with van der Waals surface area (Å²) in [6.45, 7) is 0.328. The van der Waals surface area contributed by atoms with E-state index in [1.165, 1.54) is 0 Å². The molecule has 0 bridgehead atoms. The van der Waals surface area contributed by atoms with Crippen LogP contribution in [0.4, 0.5) is 5.69 Å². The van der Waals surface area contributed by atoms with Crippen LogP contribution in [0.3, 0.4) is 0 Å². The van der Waals surface area contributed by atoms with Crippen LogP contribution in [-0.4, -0.2) is 18.4 Å². The average Bonchev–Trinajstić information content (AvgIpc) is 2.70. The van der Waals surface area contributed by atoms with Crippen LogP contribution in [0.2, 0.25) is 5.02 Å². The van der Waals surface area contributed by atoms with Gasteiger partial charge in [0.1, 0.15) is 5.75 Å². The molecule has 0 fully saturated rings. The number of nitrogens with one attached hydrogen (secondary N) is 2. The first-order valence-electron chi connectivity index (χ1n) is 8.77. The molecule has 0 aromatic heterocycles. The fourth-order valence-electron chi connectivity index (χ4n) is 2.55. The standard InChI is InChI=1S/C22H19ClN2O3/c23-17-8-6-7-16(15-17)13-14-24-21(26)22(27)25-19-11-4-5-12-20(19)28-18-9-2-1-3-10-18/h1-12,15H,13-14H2,(H,24,26)(H,25,27). The van der Waals surface area contributed by atoms with Gasteiger partial charge in [-0.05, 0) is 48.4 Å². The molecule has 0 saturated heterocycles. The predicted molar refractivity (Wildman–Crippen MR) is 110 cm³/mol. The lowest BCUT2D eigenvalue weighted by atomic mass is 10.1. The van der Waals surface area contributed by atoms with Crippen molar-refractivity contribution in [1.29, 1.82) is 0 Å². The van der Waals surface area contributed by atoms with Gasteiger partial charge < -0.3 is 15.4 Å². The zero-order valence-electron chi connectivity index (χ0n) is 15.0. The number of rotatable bonds is 6. The second-order valence-electron chi connectivity index (χ2n) is 6.00. The molecule has 142 valence electrons. The van der Waals surface area contributed by atoms with Crippen molar-refractivity contribution in [1.82, 2.24) is 5.32 Å². The zero-order valence-corrected chi connectivity index (χ0v) is 15.8. The molecule has 6 heteroatoms. The molecule has 28 heavy (non-hydrogen) atoms. The van der Waals surface area contributed by atoms with E-state index in [2.05, 4.69) is 10.6 Å². The predicted octanol–water partition coefficient (Wildman–Crippen LogP) is 4.43. The number of carbonyl (C=O) groups excluding carboxylic acids is 2. The number of amides is 2. The Morgan fingerprint density at radius 3 is 2.39 bits per heavy atom. The van der Waals surface area contributed by atoms with Crippen LogP contribution in [0.5, 0.6) is 11.5 Å². The lowest BCUT2D eigenvalue weighted by Crippen LogP contribution is -2.36. The highest BCUT2D eigenvalue weighted by Crippen LogP contribution is 2.28. The number of ether oxygens (including phenoxy) is 1. The van der Waals surface area contributed by atoms with E-state index < -0.39 is 11.8 Å². The summed E-state index contributed by atoms with van der Waals surface area (Å²) in [7, 11) is 0. The van der Waals surface area contributed by atoms with Gasteiger partial charge in [0.05, 0.1) is 5.69 Å². The first-order chi connectivity index (χ1) is 13.6. The summed E-state index contributed by atoms with van der Waals surface area (Å²) >= 11 is 5.94. The lowest BCUT2D eigenvalue weighted by Gasteiger charge is -2.12. The molecule has 5 nitrogen and oxygen atoms in total. The van der Waals surface area contributed by atoms with E-state index in [0.29, 0.717) is 35.2 Å². The molecule has 0 atom stereocenters. The highest BCUT2D eigenvalue weighted by molar-refractivity contribution is 6.39. The lowest BCUT2D eigenvalue weighted by molar-refractivity contribution is -0.136. The minimum Gasteiger partial charge on any atom is -0.455 e. The van der Waals surface area contributed by atoms with E-state index in [0.717, 1.165) is 5.56 Å². The van der Waals surface area contributed by atoms with Crippen LogP contribution in [-0.2, 0) is 16.0 Å². The second-order valence-corrected chi connectivity index (χ2v) is 6.44. The molecule has 0 unspecified atom stereocenters. The maximum atomic E-state index is 12.2. The van der Waals surface area contributed by atoms with Gasteiger partial charge in [0, 0.05) is 11.6 Å². The van der Waals surface area contributed by atoms with Crippen molar-refractivity contribution < 1.29 is 14.3 Å². The Morgan fingerprint density at radius 1 is 0.857 bits per heavy atom. The maximum Gasteiger partial charge on any atom is 0.313 e. The van der Waals surface area contributed by atoms with Gasteiger partial charge in [-0.25, -0.2) is 0 Å². The van der Waals surface area contributed by atoms with Crippen molar-refractivity contribution in [3.63, 3.8) is 0 Å². The number of benzene rings is 3. The highest BCUT2D eigenvalue weighted by Gasteiger charge is 2.15. The van der Waals surface area contributed by atoms with Gasteiger partial charge in [-0.3, -0.25) is 9.59 Å². The summed E-state index contributed by atoms with van der Waals surface area (Å²) in [5.74, 6) is -0.379. The van der Waals surface area contributed by atoms with E-state index in [1.807, 2.05) is 36.4 Å². The van der Waals surface area contributed by atoms with Crippen molar-refractivity contribution in [2.45, 2.75) is 6.42 Å².